The third-order valence-electron chi connectivity index (χ3n) is 4.48. The van der Waals surface area contributed by atoms with Gasteiger partial charge >= 0.3 is 0 Å². The molecule has 0 fully saturated rings. The quantitative estimate of drug-likeness (QED) is 0.656. The van der Waals surface area contributed by atoms with Crippen LogP contribution in [-0.2, 0) is 0 Å². The second-order valence-corrected chi connectivity index (χ2v) is 6.57. The summed E-state index contributed by atoms with van der Waals surface area (Å²) < 4.78 is 0. The number of rotatable bonds is 9. The molecule has 2 heteroatoms. The van der Waals surface area contributed by atoms with Crippen LogP contribution in [0.3, 0.4) is 0 Å². The molecule has 0 amide bonds. The molecule has 2 aromatic carbocycles. The molecule has 0 saturated carbocycles. The molecule has 2 aromatic rings. The van der Waals surface area contributed by atoms with E-state index in [0.29, 0.717) is 5.92 Å². The molecule has 128 valence electrons. The summed E-state index contributed by atoms with van der Waals surface area (Å²) in [6.07, 6.45) is 6.44. The van der Waals surface area contributed by atoms with Crippen molar-refractivity contribution in [3.63, 3.8) is 0 Å². The highest BCUT2D eigenvalue weighted by Gasteiger charge is 2.19. The Morgan fingerprint density at radius 1 is 0.958 bits per heavy atom. The summed E-state index contributed by atoms with van der Waals surface area (Å²) in [6, 6.07) is 21.2. The molecule has 0 radical (unpaired) electrons. The lowest BCUT2D eigenvalue weighted by Crippen LogP contribution is -2.29. The van der Waals surface area contributed by atoms with Gasteiger partial charge in [-0.2, -0.15) is 0 Å². The molecule has 0 aliphatic heterocycles. The zero-order valence-corrected chi connectivity index (χ0v) is 14.7. The molecule has 2 unspecified atom stereocenters. The van der Waals surface area contributed by atoms with E-state index in [1.165, 1.54) is 16.7 Å². The fourth-order valence-corrected chi connectivity index (χ4v) is 3.24. The van der Waals surface area contributed by atoms with Crippen LogP contribution in [0.4, 0.5) is 0 Å². The highest BCUT2D eigenvalue weighted by atomic mass is 14.6. The van der Waals surface area contributed by atoms with Gasteiger partial charge in [0.1, 0.15) is 0 Å². The first-order valence-corrected chi connectivity index (χ1v) is 8.93. The number of hydrogen-bond donors (Lipinski definition) is 2. The molecule has 4 N–H and O–H groups in total. The summed E-state index contributed by atoms with van der Waals surface area (Å²) in [5.41, 5.74) is 16.2. The summed E-state index contributed by atoms with van der Waals surface area (Å²) in [5, 5.41) is 0. The van der Waals surface area contributed by atoms with Crippen LogP contribution >= 0.6 is 0 Å². The third-order valence-corrected chi connectivity index (χ3v) is 4.48. The summed E-state index contributed by atoms with van der Waals surface area (Å²) in [5.74, 6) is 0.386. The zero-order chi connectivity index (χ0) is 17.2. The first kappa shape index (κ1) is 18.4. The maximum Gasteiger partial charge on any atom is 0.0145 e. The summed E-state index contributed by atoms with van der Waals surface area (Å²) in [4.78, 5) is 0. The molecule has 0 aliphatic carbocycles. The number of hydrogen-bond acceptors (Lipinski definition) is 2. The average Bonchev–Trinajstić information content (AvgIpc) is 2.60. The first-order valence-electron chi connectivity index (χ1n) is 8.93. The topological polar surface area (TPSA) is 52.0 Å². The molecule has 2 nitrogen and oxygen atoms in total. The van der Waals surface area contributed by atoms with Crippen molar-refractivity contribution in [3.8, 4) is 0 Å². The molecule has 0 heterocycles. The summed E-state index contributed by atoms with van der Waals surface area (Å²) in [6.45, 7) is 2.93. The molecule has 0 aliphatic rings. The molecule has 0 aromatic heterocycles. The second-order valence-electron chi connectivity index (χ2n) is 6.57. The molecular formula is C22H30N2. The van der Waals surface area contributed by atoms with Gasteiger partial charge in [-0.1, -0.05) is 78.7 Å². The minimum atomic E-state index is 0.130. The lowest BCUT2D eigenvalue weighted by molar-refractivity contribution is 0.476. The van der Waals surface area contributed by atoms with E-state index in [1.807, 2.05) is 6.07 Å². The Morgan fingerprint density at radius 3 is 2.21 bits per heavy atom. The van der Waals surface area contributed by atoms with Gasteiger partial charge in [0.15, 0.2) is 0 Å². The van der Waals surface area contributed by atoms with Crippen LogP contribution in [-0.4, -0.2) is 12.6 Å². The molecule has 0 bridgehead atoms. The van der Waals surface area contributed by atoms with Crippen molar-refractivity contribution in [1.82, 2.24) is 0 Å². The van der Waals surface area contributed by atoms with Crippen molar-refractivity contribution in [2.24, 2.45) is 11.5 Å². The van der Waals surface area contributed by atoms with E-state index in [9.17, 15) is 0 Å². The first-order chi connectivity index (χ1) is 11.7. The van der Waals surface area contributed by atoms with E-state index < -0.39 is 0 Å². The van der Waals surface area contributed by atoms with Crippen LogP contribution in [0.2, 0.25) is 0 Å². The maximum absolute atomic E-state index is 6.61. The molecular weight excluding hydrogens is 292 g/mol. The maximum atomic E-state index is 6.61. The molecule has 2 rings (SSSR count). The third kappa shape index (κ3) is 5.95. The molecule has 0 saturated heterocycles. The van der Waals surface area contributed by atoms with Gasteiger partial charge in [0.25, 0.3) is 0 Å². The van der Waals surface area contributed by atoms with E-state index in [1.54, 1.807) is 0 Å². The monoisotopic (exact) mass is 322 g/mol. The van der Waals surface area contributed by atoms with E-state index >= 15 is 0 Å². The van der Waals surface area contributed by atoms with Crippen LogP contribution in [0.1, 0.15) is 49.7 Å². The standard InChI is InChI=1S/C22H30N2/c1-18(16-19-10-4-2-5-11-19)17-22(24)21(14-8-9-15-23)20-12-6-3-7-13-20/h2-7,10-13,16,21-22H,8-9,14-15,17,23-24H2,1H3/b18-16+. The second kappa shape index (κ2) is 10.1. The van der Waals surface area contributed by atoms with Crippen LogP contribution in [0.25, 0.3) is 6.08 Å². The van der Waals surface area contributed by atoms with Gasteiger partial charge in [-0.25, -0.2) is 0 Å². The van der Waals surface area contributed by atoms with Crippen molar-refractivity contribution in [2.45, 2.75) is 44.6 Å². The van der Waals surface area contributed by atoms with Gasteiger partial charge in [-0.15, -0.1) is 0 Å². The van der Waals surface area contributed by atoms with Gasteiger partial charge in [-0.3, -0.25) is 0 Å². The minimum absolute atomic E-state index is 0.130. The van der Waals surface area contributed by atoms with Crippen LogP contribution in [0.15, 0.2) is 66.2 Å². The van der Waals surface area contributed by atoms with Gasteiger partial charge < -0.3 is 11.5 Å². The van der Waals surface area contributed by atoms with E-state index in [2.05, 4.69) is 67.6 Å². The fourth-order valence-electron chi connectivity index (χ4n) is 3.24. The van der Waals surface area contributed by atoms with Crippen molar-refractivity contribution in [3.05, 3.63) is 77.4 Å². The summed E-state index contributed by atoms with van der Waals surface area (Å²) in [7, 11) is 0. The minimum Gasteiger partial charge on any atom is -0.330 e. The number of nitrogens with two attached hydrogens (primary N) is 2. The predicted octanol–water partition coefficient (Wildman–Crippen LogP) is 4.72. The zero-order valence-electron chi connectivity index (χ0n) is 14.7. The Labute approximate surface area is 146 Å². The van der Waals surface area contributed by atoms with Crippen molar-refractivity contribution < 1.29 is 0 Å². The van der Waals surface area contributed by atoms with Crippen molar-refractivity contribution >= 4 is 6.08 Å². The molecule has 2 atom stereocenters. The molecule has 24 heavy (non-hydrogen) atoms. The normalized spacial score (nSPS) is 14.4. The van der Waals surface area contributed by atoms with Gasteiger partial charge in [0.2, 0.25) is 0 Å². The smallest absolute Gasteiger partial charge is 0.0145 e. The van der Waals surface area contributed by atoms with Crippen molar-refractivity contribution in [1.29, 1.82) is 0 Å². The average molecular weight is 322 g/mol. The van der Waals surface area contributed by atoms with E-state index in [4.69, 9.17) is 11.5 Å². The van der Waals surface area contributed by atoms with Crippen LogP contribution < -0.4 is 11.5 Å². The highest BCUT2D eigenvalue weighted by Crippen LogP contribution is 2.28. The highest BCUT2D eigenvalue weighted by molar-refractivity contribution is 5.52. The van der Waals surface area contributed by atoms with E-state index in [-0.39, 0.29) is 6.04 Å². The number of unbranched alkanes of at least 4 members (excludes halogenated alkanes) is 1. The van der Waals surface area contributed by atoms with Gasteiger partial charge in [0, 0.05) is 6.04 Å². The van der Waals surface area contributed by atoms with E-state index in [0.717, 1.165) is 32.2 Å². The van der Waals surface area contributed by atoms with Crippen molar-refractivity contribution in [2.75, 3.05) is 6.54 Å². The largest absolute Gasteiger partial charge is 0.330 e. The Hall–Kier alpha value is -1.90. The Balaban J connectivity index is 2.06. The Bertz CT molecular complexity index is 604. The lowest BCUT2D eigenvalue weighted by Gasteiger charge is -2.25. The number of benzene rings is 2. The Morgan fingerprint density at radius 2 is 1.58 bits per heavy atom. The fraction of sp³-hybridized carbons (Fsp3) is 0.364. The van der Waals surface area contributed by atoms with Crippen LogP contribution in [0.5, 0.6) is 0 Å². The Kier molecular flexibility index (Phi) is 7.73. The lowest BCUT2D eigenvalue weighted by atomic mass is 9.84. The summed E-state index contributed by atoms with van der Waals surface area (Å²) >= 11 is 0. The molecule has 0 spiro atoms. The van der Waals surface area contributed by atoms with Gasteiger partial charge in [-0.05, 0) is 49.8 Å². The van der Waals surface area contributed by atoms with Gasteiger partial charge in [0.05, 0.1) is 0 Å². The predicted molar refractivity (Wildman–Crippen MR) is 105 cm³/mol. The van der Waals surface area contributed by atoms with Crippen LogP contribution in [0, 0.1) is 0 Å². The SMILES string of the molecule is C/C(=C\c1ccccc1)CC(N)C(CCCCN)c1ccccc1.